The van der Waals surface area contributed by atoms with Crippen molar-refractivity contribution in [3.8, 4) is 0 Å². The summed E-state index contributed by atoms with van der Waals surface area (Å²) in [6.07, 6.45) is 18.3. The van der Waals surface area contributed by atoms with Crippen LogP contribution in [0.15, 0.2) is 189 Å². The summed E-state index contributed by atoms with van der Waals surface area (Å²) in [5.74, 6) is 0.597. The molecule has 9 heterocycles. The molecule has 8 aromatic heterocycles. The van der Waals surface area contributed by atoms with Crippen LogP contribution in [-0.4, -0.2) is 53.1 Å². The van der Waals surface area contributed by atoms with E-state index >= 15 is 0 Å². The molecule has 3 atom stereocenters. The summed E-state index contributed by atoms with van der Waals surface area (Å²) >= 11 is 30.6. The first-order valence-corrected chi connectivity index (χ1v) is 25.2. The van der Waals surface area contributed by atoms with Crippen molar-refractivity contribution in [3.63, 3.8) is 0 Å². The van der Waals surface area contributed by atoms with Crippen molar-refractivity contribution >= 4 is 102 Å². The second-order valence-electron chi connectivity index (χ2n) is 16.8. The monoisotopic (exact) mass is 1040 g/mol. The number of hydrogen-bond acceptors (Lipinski definition) is 4. The Kier molecular flexibility index (Phi) is 17.5. The van der Waals surface area contributed by atoms with Gasteiger partial charge in [-0.25, -0.2) is 24.1 Å². The highest BCUT2D eigenvalue weighted by atomic mass is 35.5. The molecule has 0 aliphatic carbocycles. The van der Waals surface area contributed by atoms with Crippen LogP contribution in [0.25, 0.3) is 44.1 Å². The summed E-state index contributed by atoms with van der Waals surface area (Å²) in [7, 11) is 1.98. The lowest BCUT2D eigenvalue weighted by molar-refractivity contribution is -0.679. The summed E-state index contributed by atoms with van der Waals surface area (Å²) in [6.45, 7) is 1.98. The normalized spacial score (nSPS) is 13.6. The number of pyridine rings is 4. The number of nitrogens with one attached hydrogen (secondary N) is 2. The number of aromatic amines is 1. The summed E-state index contributed by atoms with van der Waals surface area (Å²) in [5.41, 5.74) is 7.79. The number of benzene rings is 3. The highest BCUT2D eigenvalue weighted by Crippen LogP contribution is 2.34. The van der Waals surface area contributed by atoms with Gasteiger partial charge < -0.3 is 19.4 Å². The molecule has 0 bridgehead atoms. The van der Waals surface area contributed by atoms with Gasteiger partial charge in [-0.2, -0.15) is 0 Å². The molecule has 9 nitrogen and oxygen atoms in total. The van der Waals surface area contributed by atoms with Crippen molar-refractivity contribution in [2.24, 2.45) is 0 Å². The van der Waals surface area contributed by atoms with E-state index in [0.717, 1.165) is 90.9 Å². The molecule has 1 aliphatic heterocycles. The van der Waals surface area contributed by atoms with Crippen molar-refractivity contribution in [1.82, 2.24) is 39.0 Å². The summed E-state index contributed by atoms with van der Waals surface area (Å²) in [4.78, 5) is 16.0. The Morgan fingerprint density at radius 1 is 0.606 bits per heavy atom. The van der Waals surface area contributed by atoms with Gasteiger partial charge in [0.1, 0.15) is 23.0 Å². The smallest absolute Gasteiger partial charge is 0.290 e. The van der Waals surface area contributed by atoms with E-state index in [1.807, 2.05) is 80.1 Å². The number of nitrogens with zero attached hydrogens (tertiary/aromatic N) is 7. The second kappa shape index (κ2) is 24.3. The number of alkyl halides is 1. The Bertz CT molecular complexity index is 3420. The van der Waals surface area contributed by atoms with Crippen LogP contribution in [-0.2, 0) is 6.54 Å². The number of aromatic nitrogens is 8. The molecule has 12 rings (SSSR count). The van der Waals surface area contributed by atoms with Crippen molar-refractivity contribution in [3.05, 3.63) is 226 Å². The third kappa shape index (κ3) is 11.5. The Labute approximate surface area is 439 Å². The fraction of sp³-hybridized carbons (Fsp3) is 0.193. The summed E-state index contributed by atoms with van der Waals surface area (Å²) in [6, 6.07) is 47.9. The standard InChI is InChI=1S/C17H18ClN3.C16H14Cl2N2.C16H14ClN2.C7H5ClN2.CH4/c1-19-10-8-16(13-5-3-2-4-6-13)21-12-9-14-15(18)7-11-20-17(14)21;17-9-6-15(12-4-2-1-3-5-12)20-11-8-13-14(18)7-10-19-16(13)20;17-14-7-9-18-10-8-15(12-4-2-1-3-5-12)19-11-6-13(14)16(18)19;8-6-2-4-10-7-5(6)1-3-9-7;/h2-7,9,11-12,16,19H,8,10H2,1H3;1-5,7-8,10-11,15H,6,9H2;1-7,9,11,15H,8,10H2;1-4H,(H,9,10);1H4/q;;+1;;. The molecule has 14 heteroatoms. The van der Waals surface area contributed by atoms with Gasteiger partial charge in [0.2, 0.25) is 0 Å². The lowest BCUT2D eigenvalue weighted by Crippen LogP contribution is -2.41. The average molecular weight is 1040 g/mol. The molecule has 0 amide bonds. The van der Waals surface area contributed by atoms with E-state index in [0.29, 0.717) is 11.9 Å². The highest BCUT2D eigenvalue weighted by molar-refractivity contribution is 6.36. The number of fused-ring (bicyclic) bond motifs is 3. The van der Waals surface area contributed by atoms with Gasteiger partial charge in [0.25, 0.3) is 5.65 Å². The van der Waals surface area contributed by atoms with Gasteiger partial charge in [-0.3, -0.25) is 0 Å². The Balaban J connectivity index is 0.000000130. The quantitative estimate of drug-likeness (QED) is 0.106. The van der Waals surface area contributed by atoms with E-state index in [1.165, 1.54) is 22.3 Å². The van der Waals surface area contributed by atoms with Crippen LogP contribution in [0.1, 0.15) is 61.5 Å². The molecule has 71 heavy (non-hydrogen) atoms. The molecule has 362 valence electrons. The molecule has 0 spiro atoms. The number of aryl methyl sites for hydroxylation is 1. The third-order valence-corrected chi connectivity index (χ3v) is 14.1. The van der Waals surface area contributed by atoms with Crippen molar-refractivity contribution in [1.29, 1.82) is 0 Å². The zero-order valence-electron chi connectivity index (χ0n) is 38.4. The first kappa shape index (κ1) is 51.2. The van der Waals surface area contributed by atoms with Gasteiger partial charge in [0.15, 0.2) is 0 Å². The third-order valence-electron chi connectivity index (χ3n) is 12.6. The molecular formula is C57H55Cl5N9+. The Morgan fingerprint density at radius 2 is 1.13 bits per heavy atom. The lowest BCUT2D eigenvalue weighted by Gasteiger charge is -2.20. The number of rotatable bonds is 10. The Morgan fingerprint density at radius 3 is 1.69 bits per heavy atom. The number of hydrogen-bond donors (Lipinski definition) is 2. The van der Waals surface area contributed by atoms with Crippen molar-refractivity contribution in [2.45, 2.75) is 51.4 Å². The van der Waals surface area contributed by atoms with E-state index in [2.05, 4.69) is 135 Å². The van der Waals surface area contributed by atoms with Crippen molar-refractivity contribution < 1.29 is 4.57 Å². The van der Waals surface area contributed by atoms with Crippen LogP contribution < -0.4 is 9.88 Å². The van der Waals surface area contributed by atoms with Gasteiger partial charge >= 0.3 is 0 Å². The first-order valence-electron chi connectivity index (χ1n) is 23.2. The first-order chi connectivity index (χ1) is 34.3. The second-order valence-corrected chi connectivity index (χ2v) is 18.8. The minimum atomic E-state index is 0. The topological polar surface area (TPSA) is 85.2 Å². The molecule has 0 saturated carbocycles. The molecule has 0 fully saturated rings. The predicted molar refractivity (Wildman–Crippen MR) is 297 cm³/mol. The van der Waals surface area contributed by atoms with Gasteiger partial charge in [-0.15, -0.1) is 11.6 Å². The highest BCUT2D eigenvalue weighted by Gasteiger charge is 2.30. The maximum Gasteiger partial charge on any atom is 0.290 e. The minimum absolute atomic E-state index is 0. The number of H-pyrrole nitrogens is 1. The average Bonchev–Trinajstić information content (AvgIpc) is 4.25. The Hall–Kier alpha value is -6.17. The predicted octanol–water partition coefficient (Wildman–Crippen LogP) is 15.2. The van der Waals surface area contributed by atoms with E-state index in [1.54, 1.807) is 24.7 Å². The van der Waals surface area contributed by atoms with Gasteiger partial charge in [-0.05, 0) is 91.7 Å². The van der Waals surface area contributed by atoms with Gasteiger partial charge in [0, 0.05) is 65.6 Å². The van der Waals surface area contributed by atoms with Crippen LogP contribution in [0.4, 0.5) is 0 Å². The largest absolute Gasteiger partial charge is 0.346 e. The summed E-state index contributed by atoms with van der Waals surface area (Å²) < 4.78 is 9.01. The molecule has 3 unspecified atom stereocenters. The minimum Gasteiger partial charge on any atom is -0.346 e. The van der Waals surface area contributed by atoms with Gasteiger partial charge in [0.05, 0.1) is 56.5 Å². The maximum atomic E-state index is 6.29. The molecular weight excluding hydrogens is 988 g/mol. The molecule has 3 aromatic carbocycles. The molecule has 1 aliphatic rings. The van der Waals surface area contributed by atoms with Gasteiger partial charge in [-0.1, -0.05) is 145 Å². The molecule has 0 saturated heterocycles. The molecule has 2 N–H and O–H groups in total. The molecule has 11 aromatic rings. The van der Waals surface area contributed by atoms with Crippen LogP contribution in [0.2, 0.25) is 20.1 Å². The SMILES string of the molecule is C.CNCCC(c1ccccc1)n1ccc2c(Cl)ccnc21.ClCCC(c1ccccc1)n1ccc2c(Cl)ccnc21.Clc1cc[n+]2c3c1ccn3C(c1ccccc1)CC2.Clc1ccnc2[nH]ccc12. The maximum absolute atomic E-state index is 6.29. The zero-order chi connectivity index (χ0) is 48.4. The van der Waals surface area contributed by atoms with Crippen LogP contribution >= 0.6 is 58.0 Å². The zero-order valence-corrected chi connectivity index (χ0v) is 42.2. The number of halogens is 5. The summed E-state index contributed by atoms with van der Waals surface area (Å²) in [5, 5.41) is 10.4. The molecule has 0 radical (unpaired) electrons. The lowest BCUT2D eigenvalue weighted by atomic mass is 10.0. The van der Waals surface area contributed by atoms with Crippen LogP contribution in [0.5, 0.6) is 0 Å². The fourth-order valence-electron chi connectivity index (χ4n) is 9.23. The van der Waals surface area contributed by atoms with E-state index in [9.17, 15) is 0 Å². The van der Waals surface area contributed by atoms with E-state index < -0.39 is 0 Å². The van der Waals surface area contributed by atoms with Crippen LogP contribution in [0, 0.1) is 0 Å². The fourth-order valence-corrected chi connectivity index (χ4v) is 10.3. The van der Waals surface area contributed by atoms with E-state index in [4.69, 9.17) is 58.0 Å². The van der Waals surface area contributed by atoms with Crippen molar-refractivity contribution in [2.75, 3.05) is 19.5 Å². The van der Waals surface area contributed by atoms with Crippen LogP contribution in [0.3, 0.4) is 0 Å². The van der Waals surface area contributed by atoms with E-state index in [-0.39, 0.29) is 19.5 Å².